The molecule has 0 aliphatic carbocycles. The fraction of sp³-hybridized carbons (Fsp3) is 0.375. The molecule has 118 valence electrons. The van der Waals surface area contributed by atoms with Crippen LogP contribution in [0.1, 0.15) is 45.7 Å². The molecule has 1 aromatic rings. The minimum absolute atomic E-state index is 0.0166. The topological polar surface area (TPSA) is 84.9 Å². The summed E-state index contributed by atoms with van der Waals surface area (Å²) < 4.78 is 11.0. The molecule has 1 heterocycles. The molecule has 0 spiro atoms. The first kappa shape index (κ1) is 15.9. The lowest BCUT2D eigenvalue weighted by Crippen LogP contribution is -2.14. The SMILES string of the molecule is COc1c(C)c(OCC=C(C)C)c2c(c1C(=O)O)CNC2=O. The summed E-state index contributed by atoms with van der Waals surface area (Å²) in [6, 6.07) is 0. The Morgan fingerprint density at radius 3 is 2.59 bits per heavy atom. The highest BCUT2D eigenvalue weighted by molar-refractivity contribution is 6.07. The minimum Gasteiger partial charge on any atom is -0.495 e. The highest BCUT2D eigenvalue weighted by atomic mass is 16.5. The summed E-state index contributed by atoms with van der Waals surface area (Å²) >= 11 is 0. The van der Waals surface area contributed by atoms with Crippen LogP contribution in [0, 0.1) is 6.92 Å². The lowest BCUT2D eigenvalue weighted by molar-refractivity contribution is 0.0691. The second-order valence-corrected chi connectivity index (χ2v) is 5.30. The molecular weight excluding hydrogens is 286 g/mol. The second kappa shape index (κ2) is 6.09. The van der Waals surface area contributed by atoms with E-state index in [4.69, 9.17) is 9.47 Å². The van der Waals surface area contributed by atoms with E-state index in [1.165, 1.54) is 7.11 Å². The Morgan fingerprint density at radius 1 is 1.36 bits per heavy atom. The Balaban J connectivity index is 2.63. The van der Waals surface area contributed by atoms with Gasteiger partial charge >= 0.3 is 5.97 Å². The van der Waals surface area contributed by atoms with Crippen LogP contribution < -0.4 is 14.8 Å². The van der Waals surface area contributed by atoms with Crippen LogP contribution in [0.25, 0.3) is 0 Å². The van der Waals surface area contributed by atoms with Crippen LogP contribution >= 0.6 is 0 Å². The molecule has 0 aromatic heterocycles. The summed E-state index contributed by atoms with van der Waals surface area (Å²) in [5.74, 6) is -0.835. The summed E-state index contributed by atoms with van der Waals surface area (Å²) in [7, 11) is 1.41. The van der Waals surface area contributed by atoms with E-state index in [1.54, 1.807) is 6.92 Å². The highest BCUT2D eigenvalue weighted by Crippen LogP contribution is 2.40. The Labute approximate surface area is 128 Å². The highest BCUT2D eigenvalue weighted by Gasteiger charge is 2.34. The normalized spacial score (nSPS) is 12.5. The van der Waals surface area contributed by atoms with Crippen LogP contribution in [0.4, 0.5) is 0 Å². The van der Waals surface area contributed by atoms with Gasteiger partial charge in [0, 0.05) is 17.7 Å². The number of hydrogen-bond donors (Lipinski definition) is 2. The van der Waals surface area contributed by atoms with Crippen molar-refractivity contribution in [3.8, 4) is 11.5 Å². The van der Waals surface area contributed by atoms with E-state index in [1.807, 2.05) is 19.9 Å². The Bertz CT molecular complexity index is 672. The van der Waals surface area contributed by atoms with Crippen LogP contribution in [0.5, 0.6) is 11.5 Å². The van der Waals surface area contributed by atoms with Gasteiger partial charge in [-0.3, -0.25) is 4.79 Å². The molecule has 6 nitrogen and oxygen atoms in total. The largest absolute Gasteiger partial charge is 0.495 e. The molecule has 0 unspecified atom stereocenters. The zero-order chi connectivity index (χ0) is 16.4. The van der Waals surface area contributed by atoms with Gasteiger partial charge in [0.1, 0.15) is 23.7 Å². The third-order valence-electron chi connectivity index (χ3n) is 3.53. The second-order valence-electron chi connectivity index (χ2n) is 5.30. The lowest BCUT2D eigenvalue weighted by Gasteiger charge is -2.17. The smallest absolute Gasteiger partial charge is 0.339 e. The fourth-order valence-corrected chi connectivity index (χ4v) is 2.50. The maximum Gasteiger partial charge on any atom is 0.339 e. The number of amides is 1. The quantitative estimate of drug-likeness (QED) is 0.815. The predicted octanol–water partition coefficient (Wildman–Crippen LogP) is 2.29. The number of methoxy groups -OCH3 is 1. The van der Waals surface area contributed by atoms with Crippen LogP contribution in [0.15, 0.2) is 11.6 Å². The average Bonchev–Trinajstić information content (AvgIpc) is 2.81. The molecule has 22 heavy (non-hydrogen) atoms. The molecule has 1 aliphatic rings. The number of carbonyl (C=O) groups excluding carboxylic acids is 1. The van der Waals surface area contributed by atoms with Crippen LogP contribution in [0.3, 0.4) is 0 Å². The summed E-state index contributed by atoms with van der Waals surface area (Å²) in [4.78, 5) is 23.6. The van der Waals surface area contributed by atoms with Crippen molar-refractivity contribution in [1.82, 2.24) is 5.32 Å². The monoisotopic (exact) mass is 305 g/mol. The molecule has 0 fully saturated rings. The number of ether oxygens (including phenoxy) is 2. The molecule has 1 aromatic carbocycles. The summed E-state index contributed by atoms with van der Waals surface area (Å²) in [5.41, 5.74) is 2.32. The van der Waals surface area contributed by atoms with Gasteiger partial charge in [0.15, 0.2) is 0 Å². The molecule has 2 N–H and O–H groups in total. The molecule has 0 bridgehead atoms. The lowest BCUT2D eigenvalue weighted by atomic mass is 9.96. The minimum atomic E-state index is -1.12. The van der Waals surface area contributed by atoms with Gasteiger partial charge in [-0.05, 0) is 26.8 Å². The van der Waals surface area contributed by atoms with E-state index >= 15 is 0 Å². The van der Waals surface area contributed by atoms with Gasteiger partial charge < -0.3 is 19.9 Å². The number of rotatable bonds is 5. The van der Waals surface area contributed by atoms with E-state index in [9.17, 15) is 14.7 Å². The predicted molar refractivity (Wildman–Crippen MR) is 80.8 cm³/mol. The van der Waals surface area contributed by atoms with Crippen molar-refractivity contribution in [2.45, 2.75) is 27.3 Å². The standard InChI is InChI=1S/C16H19NO5/c1-8(2)5-6-22-14-9(3)13(21-4)12(16(19)20)10-7-17-15(18)11(10)14/h5H,6-7H2,1-4H3,(H,17,18)(H,19,20). The number of carbonyl (C=O) groups is 2. The van der Waals surface area contributed by atoms with E-state index in [-0.39, 0.29) is 29.3 Å². The zero-order valence-electron chi connectivity index (χ0n) is 13.1. The molecule has 0 saturated carbocycles. The van der Waals surface area contributed by atoms with Crippen LogP contribution in [0.2, 0.25) is 0 Å². The van der Waals surface area contributed by atoms with E-state index in [0.29, 0.717) is 23.5 Å². The van der Waals surface area contributed by atoms with E-state index in [2.05, 4.69) is 5.32 Å². The van der Waals surface area contributed by atoms with Crippen molar-refractivity contribution in [1.29, 1.82) is 0 Å². The average molecular weight is 305 g/mol. The molecule has 1 aliphatic heterocycles. The number of hydrogen-bond acceptors (Lipinski definition) is 4. The van der Waals surface area contributed by atoms with Gasteiger partial charge in [-0.2, -0.15) is 0 Å². The number of benzene rings is 1. The Hall–Kier alpha value is -2.50. The van der Waals surface area contributed by atoms with Crippen molar-refractivity contribution < 1.29 is 24.2 Å². The Kier molecular flexibility index (Phi) is 4.40. The summed E-state index contributed by atoms with van der Waals surface area (Å²) in [5, 5.41) is 12.1. The van der Waals surface area contributed by atoms with E-state index < -0.39 is 5.97 Å². The number of fused-ring (bicyclic) bond motifs is 1. The van der Waals surface area contributed by atoms with Gasteiger partial charge in [-0.15, -0.1) is 0 Å². The summed E-state index contributed by atoms with van der Waals surface area (Å²) in [6.07, 6.45) is 1.89. The fourth-order valence-electron chi connectivity index (χ4n) is 2.50. The van der Waals surface area contributed by atoms with Crippen molar-refractivity contribution >= 4 is 11.9 Å². The molecule has 0 atom stereocenters. The maximum atomic E-state index is 12.1. The third-order valence-corrected chi connectivity index (χ3v) is 3.53. The van der Waals surface area contributed by atoms with Crippen molar-refractivity contribution in [3.63, 3.8) is 0 Å². The molecule has 1 amide bonds. The van der Waals surface area contributed by atoms with Gasteiger partial charge in [0.25, 0.3) is 5.91 Å². The number of nitrogens with one attached hydrogen (secondary N) is 1. The number of carboxylic acid groups (broad SMARTS) is 1. The number of aromatic carboxylic acids is 1. The number of carboxylic acids is 1. The number of allylic oxidation sites excluding steroid dienone is 1. The maximum absolute atomic E-state index is 12.1. The van der Waals surface area contributed by atoms with Crippen molar-refractivity contribution in [2.75, 3.05) is 13.7 Å². The molecule has 2 rings (SSSR count). The van der Waals surface area contributed by atoms with Crippen LogP contribution in [-0.2, 0) is 6.54 Å². The van der Waals surface area contributed by atoms with Crippen molar-refractivity contribution in [2.24, 2.45) is 0 Å². The van der Waals surface area contributed by atoms with Gasteiger partial charge in [0.2, 0.25) is 0 Å². The summed E-state index contributed by atoms with van der Waals surface area (Å²) in [6.45, 7) is 6.04. The molecule has 0 saturated heterocycles. The first-order valence-electron chi connectivity index (χ1n) is 6.89. The van der Waals surface area contributed by atoms with Crippen LogP contribution in [-0.4, -0.2) is 30.7 Å². The van der Waals surface area contributed by atoms with Gasteiger partial charge in [0.05, 0.1) is 12.7 Å². The van der Waals surface area contributed by atoms with Crippen molar-refractivity contribution in [3.05, 3.63) is 33.9 Å². The molecule has 0 radical (unpaired) electrons. The molecule has 6 heteroatoms. The first-order valence-corrected chi connectivity index (χ1v) is 6.89. The third kappa shape index (κ3) is 2.64. The van der Waals surface area contributed by atoms with E-state index in [0.717, 1.165) is 5.57 Å². The van der Waals surface area contributed by atoms with Gasteiger partial charge in [-0.1, -0.05) is 5.57 Å². The van der Waals surface area contributed by atoms with Gasteiger partial charge in [-0.25, -0.2) is 4.79 Å². The molecular formula is C16H19NO5. The Morgan fingerprint density at radius 2 is 2.05 bits per heavy atom. The zero-order valence-corrected chi connectivity index (χ0v) is 13.1. The first-order chi connectivity index (χ1) is 10.4.